The lowest BCUT2D eigenvalue weighted by atomic mass is 10.3. The molecule has 0 spiro atoms. The van der Waals surface area contributed by atoms with Crippen LogP contribution in [0.3, 0.4) is 0 Å². The van der Waals surface area contributed by atoms with E-state index in [1.807, 2.05) is 0 Å². The zero-order chi connectivity index (χ0) is 7.82. The van der Waals surface area contributed by atoms with Crippen molar-refractivity contribution in [3.8, 4) is 0 Å². The van der Waals surface area contributed by atoms with Crippen molar-refractivity contribution in [2.45, 2.75) is 26.2 Å². The van der Waals surface area contributed by atoms with E-state index < -0.39 is 0 Å². The van der Waals surface area contributed by atoms with Gasteiger partial charge >= 0.3 is 0 Å². The number of hydrogen-bond acceptors (Lipinski definition) is 2. The molecule has 0 saturated carbocycles. The van der Waals surface area contributed by atoms with Gasteiger partial charge in [-0.3, -0.25) is 0 Å². The molecule has 3 heteroatoms. The van der Waals surface area contributed by atoms with Crippen LogP contribution in [-0.2, 0) is 4.74 Å². The Morgan fingerprint density at radius 1 is 1.40 bits per heavy atom. The van der Waals surface area contributed by atoms with Crippen molar-refractivity contribution >= 4 is 15.9 Å². The van der Waals surface area contributed by atoms with Crippen LogP contribution in [0.15, 0.2) is 0 Å². The van der Waals surface area contributed by atoms with Crippen molar-refractivity contribution in [2.24, 2.45) is 0 Å². The van der Waals surface area contributed by atoms with Crippen LogP contribution in [0.25, 0.3) is 0 Å². The maximum atomic E-state index is 8.59. The molecule has 0 heterocycles. The highest BCUT2D eigenvalue weighted by Crippen LogP contribution is 2.01. The van der Waals surface area contributed by atoms with Gasteiger partial charge in [0.1, 0.15) is 0 Å². The van der Waals surface area contributed by atoms with Gasteiger partial charge < -0.3 is 9.84 Å². The van der Waals surface area contributed by atoms with Crippen LogP contribution in [0.5, 0.6) is 0 Å². The highest BCUT2D eigenvalue weighted by Gasteiger charge is 1.94. The van der Waals surface area contributed by atoms with Gasteiger partial charge in [0, 0.05) is 5.33 Å². The highest BCUT2D eigenvalue weighted by molar-refractivity contribution is 9.09. The number of aliphatic hydroxyl groups excluding tert-OH is 1. The number of unbranched alkanes of at least 4 members (excludes halogenated alkanes) is 2. The number of halogens is 1. The summed E-state index contributed by atoms with van der Waals surface area (Å²) in [6.07, 6.45) is 3.41. The Bertz CT molecular complexity index is 66.6. The topological polar surface area (TPSA) is 29.5 Å². The molecule has 0 atom stereocenters. The Hall–Kier alpha value is 0.400. The molecular formula is C7H14BrO2. The molecule has 61 valence electrons. The monoisotopic (exact) mass is 209 g/mol. The lowest BCUT2D eigenvalue weighted by Gasteiger charge is -2.03. The maximum Gasteiger partial charge on any atom is 0.217 e. The van der Waals surface area contributed by atoms with Crippen LogP contribution >= 0.6 is 15.9 Å². The molecule has 0 amide bonds. The minimum absolute atomic E-state index is 0.0684. The summed E-state index contributed by atoms with van der Waals surface area (Å²) in [7, 11) is 0. The quantitative estimate of drug-likeness (QED) is 0.539. The van der Waals surface area contributed by atoms with E-state index in [9.17, 15) is 0 Å². The molecule has 0 aliphatic carbocycles. The van der Waals surface area contributed by atoms with Gasteiger partial charge in [-0.25, -0.2) is 0 Å². The Balaban J connectivity index is 2.77. The zero-order valence-electron chi connectivity index (χ0n) is 6.27. The summed E-state index contributed by atoms with van der Waals surface area (Å²) in [6, 6.07) is 0. The van der Waals surface area contributed by atoms with Crippen molar-refractivity contribution in [3.63, 3.8) is 0 Å². The molecule has 2 nitrogen and oxygen atoms in total. The zero-order valence-corrected chi connectivity index (χ0v) is 7.85. The number of ether oxygens (including phenoxy) is 1. The molecule has 0 aromatic carbocycles. The molecule has 10 heavy (non-hydrogen) atoms. The molecular weight excluding hydrogens is 196 g/mol. The molecule has 0 unspecified atom stereocenters. The number of aliphatic hydroxyl groups is 1. The van der Waals surface area contributed by atoms with E-state index >= 15 is 0 Å². The molecule has 0 aromatic rings. The van der Waals surface area contributed by atoms with Gasteiger partial charge in [0.05, 0.1) is 6.61 Å². The van der Waals surface area contributed by atoms with Gasteiger partial charge in [-0.2, -0.15) is 0 Å². The second-order valence-corrected chi connectivity index (χ2v) is 2.91. The highest BCUT2D eigenvalue weighted by atomic mass is 79.9. The molecule has 0 aliphatic rings. The molecule has 0 saturated heterocycles. The Morgan fingerprint density at radius 2 is 2.10 bits per heavy atom. The first-order valence-corrected chi connectivity index (χ1v) is 4.61. The average molecular weight is 210 g/mol. The van der Waals surface area contributed by atoms with E-state index in [4.69, 9.17) is 9.84 Å². The van der Waals surface area contributed by atoms with E-state index in [1.165, 1.54) is 6.42 Å². The molecule has 0 fully saturated rings. The van der Waals surface area contributed by atoms with Crippen LogP contribution in [0, 0.1) is 6.29 Å². The molecule has 1 radical (unpaired) electrons. The van der Waals surface area contributed by atoms with Crippen LogP contribution in [0.4, 0.5) is 0 Å². The predicted octanol–water partition coefficient (Wildman–Crippen LogP) is 2.45. The number of hydrogen-bond donors (Lipinski definition) is 1. The van der Waals surface area contributed by atoms with Crippen molar-refractivity contribution < 1.29 is 9.84 Å². The van der Waals surface area contributed by atoms with Crippen molar-refractivity contribution in [1.82, 2.24) is 0 Å². The lowest BCUT2D eigenvalue weighted by Crippen LogP contribution is -1.98. The van der Waals surface area contributed by atoms with Gasteiger partial charge in [-0.1, -0.05) is 22.4 Å². The van der Waals surface area contributed by atoms with Crippen LogP contribution < -0.4 is 0 Å². The maximum absolute atomic E-state index is 8.59. The third kappa shape index (κ3) is 8.40. The third-order valence-corrected chi connectivity index (χ3v) is 1.65. The summed E-state index contributed by atoms with van der Waals surface area (Å²) >= 11 is 3.33. The fourth-order valence-corrected chi connectivity index (χ4v) is 0.990. The number of alkyl halides is 1. The minimum Gasteiger partial charge on any atom is -0.362 e. The first-order chi connectivity index (χ1) is 4.77. The standard InChI is InChI=1S/C7H14BrO2/c1-7(9)10-6-4-2-3-5-8/h9H,2-6H2,1H3. The van der Waals surface area contributed by atoms with Gasteiger partial charge in [0.15, 0.2) is 0 Å². The van der Waals surface area contributed by atoms with Crippen molar-refractivity contribution in [1.29, 1.82) is 0 Å². The first kappa shape index (κ1) is 10.4. The summed E-state index contributed by atoms with van der Waals surface area (Å²) in [5, 5.41) is 9.64. The van der Waals surface area contributed by atoms with Crippen LogP contribution in [-0.4, -0.2) is 17.0 Å². The molecule has 0 bridgehead atoms. The van der Waals surface area contributed by atoms with Gasteiger partial charge in [0.2, 0.25) is 6.29 Å². The second kappa shape index (κ2) is 7.51. The largest absolute Gasteiger partial charge is 0.362 e. The van der Waals surface area contributed by atoms with Gasteiger partial charge in [-0.15, -0.1) is 0 Å². The summed E-state index contributed by atoms with van der Waals surface area (Å²) in [5.74, 6) is 0. The van der Waals surface area contributed by atoms with Crippen LogP contribution in [0.1, 0.15) is 26.2 Å². The van der Waals surface area contributed by atoms with E-state index in [0.29, 0.717) is 6.61 Å². The second-order valence-electron chi connectivity index (χ2n) is 2.12. The SMILES string of the molecule is C[C](O)OCCCCCBr. The smallest absolute Gasteiger partial charge is 0.217 e. The summed E-state index contributed by atoms with van der Waals surface area (Å²) in [5.41, 5.74) is 0. The Morgan fingerprint density at radius 3 is 2.60 bits per heavy atom. The van der Waals surface area contributed by atoms with E-state index in [-0.39, 0.29) is 6.29 Å². The summed E-state index contributed by atoms with van der Waals surface area (Å²) in [4.78, 5) is 0. The number of rotatable bonds is 6. The molecule has 0 aromatic heterocycles. The van der Waals surface area contributed by atoms with Crippen LogP contribution in [0.2, 0.25) is 0 Å². The first-order valence-electron chi connectivity index (χ1n) is 3.48. The fourth-order valence-electron chi connectivity index (χ4n) is 0.593. The van der Waals surface area contributed by atoms with Gasteiger partial charge in [-0.05, 0) is 19.8 Å². The van der Waals surface area contributed by atoms with Crippen molar-refractivity contribution in [2.75, 3.05) is 11.9 Å². The lowest BCUT2D eigenvalue weighted by molar-refractivity contribution is 0.0134. The summed E-state index contributed by atoms with van der Waals surface area (Å²) in [6.45, 7) is 2.18. The van der Waals surface area contributed by atoms with E-state index in [2.05, 4.69) is 15.9 Å². The van der Waals surface area contributed by atoms with E-state index in [1.54, 1.807) is 6.92 Å². The minimum atomic E-state index is 0.0684. The molecule has 1 N–H and O–H groups in total. The van der Waals surface area contributed by atoms with Crippen molar-refractivity contribution in [3.05, 3.63) is 6.29 Å². The third-order valence-electron chi connectivity index (χ3n) is 1.09. The fraction of sp³-hybridized carbons (Fsp3) is 0.857. The average Bonchev–Trinajstić information content (AvgIpc) is 1.87. The molecule has 0 aliphatic heterocycles. The van der Waals surface area contributed by atoms with E-state index in [0.717, 1.165) is 18.2 Å². The van der Waals surface area contributed by atoms with Gasteiger partial charge in [0.25, 0.3) is 0 Å². The predicted molar refractivity (Wildman–Crippen MR) is 44.4 cm³/mol. The normalized spacial score (nSPS) is 10.8. The Labute approximate surface area is 70.7 Å². The molecule has 0 rings (SSSR count). The summed E-state index contributed by atoms with van der Waals surface area (Å²) < 4.78 is 4.85. The Kier molecular flexibility index (Phi) is 7.81.